The number of aromatic nitrogens is 1. The van der Waals surface area contributed by atoms with E-state index >= 15 is 0 Å². The number of pyridine rings is 1. The molecular formula is C12H19N3O. The van der Waals surface area contributed by atoms with Gasteiger partial charge in [0.05, 0.1) is 12.1 Å². The molecule has 1 unspecified atom stereocenters. The molecule has 1 aromatic heterocycles. The lowest BCUT2D eigenvalue weighted by molar-refractivity contribution is -0.123. The number of hydrogen-bond donors (Lipinski definition) is 2. The highest BCUT2D eigenvalue weighted by Gasteiger charge is 2.15. The topological polar surface area (TPSA) is 68.0 Å². The summed E-state index contributed by atoms with van der Waals surface area (Å²) in [5, 5.41) is 2.89. The molecule has 0 aliphatic carbocycles. The lowest BCUT2D eigenvalue weighted by Crippen LogP contribution is -2.41. The number of nitrogens with one attached hydrogen (secondary N) is 1. The third-order valence-corrected chi connectivity index (χ3v) is 2.50. The van der Waals surface area contributed by atoms with Crippen LogP contribution in [0.25, 0.3) is 0 Å². The van der Waals surface area contributed by atoms with Crippen molar-refractivity contribution in [3.63, 3.8) is 0 Å². The van der Waals surface area contributed by atoms with Crippen molar-refractivity contribution < 1.29 is 4.79 Å². The minimum atomic E-state index is -0.408. The second-order valence-corrected chi connectivity index (χ2v) is 3.91. The van der Waals surface area contributed by atoms with Gasteiger partial charge in [-0.3, -0.25) is 9.78 Å². The molecule has 1 heterocycles. The van der Waals surface area contributed by atoms with Crippen LogP contribution in [0.1, 0.15) is 38.3 Å². The Hall–Kier alpha value is -1.42. The van der Waals surface area contributed by atoms with Crippen molar-refractivity contribution in [3.05, 3.63) is 30.1 Å². The predicted molar refractivity (Wildman–Crippen MR) is 63.7 cm³/mol. The molecule has 0 fully saturated rings. The summed E-state index contributed by atoms with van der Waals surface area (Å²) in [6.45, 7) is 3.95. The summed E-state index contributed by atoms with van der Waals surface area (Å²) in [6.07, 6.45) is 5.06. The fraction of sp³-hybridized carbons (Fsp3) is 0.500. The van der Waals surface area contributed by atoms with Crippen LogP contribution >= 0.6 is 0 Å². The van der Waals surface area contributed by atoms with Crippen LogP contribution in [0.15, 0.2) is 24.5 Å². The molecule has 0 saturated heterocycles. The lowest BCUT2D eigenvalue weighted by Gasteiger charge is -2.17. The minimum absolute atomic E-state index is 0.0293. The molecule has 1 rings (SSSR count). The molecule has 0 aliphatic heterocycles. The van der Waals surface area contributed by atoms with Crippen molar-refractivity contribution in [2.75, 3.05) is 0 Å². The van der Waals surface area contributed by atoms with Gasteiger partial charge in [0.25, 0.3) is 0 Å². The van der Waals surface area contributed by atoms with Gasteiger partial charge < -0.3 is 11.1 Å². The number of hydrogen-bond acceptors (Lipinski definition) is 3. The van der Waals surface area contributed by atoms with Crippen molar-refractivity contribution in [1.29, 1.82) is 0 Å². The first-order chi connectivity index (χ1) is 7.65. The van der Waals surface area contributed by atoms with Gasteiger partial charge in [0.15, 0.2) is 0 Å². The molecule has 2 atom stereocenters. The Morgan fingerprint density at radius 2 is 2.12 bits per heavy atom. The summed E-state index contributed by atoms with van der Waals surface area (Å²) < 4.78 is 0. The Labute approximate surface area is 96.3 Å². The largest absolute Gasteiger partial charge is 0.348 e. The fourth-order valence-electron chi connectivity index (χ4n) is 1.50. The first kappa shape index (κ1) is 12.6. The molecule has 88 valence electrons. The predicted octanol–water partition coefficient (Wildman–Crippen LogP) is 1.39. The van der Waals surface area contributed by atoms with E-state index in [1.54, 1.807) is 12.4 Å². The van der Waals surface area contributed by atoms with E-state index in [-0.39, 0.29) is 11.9 Å². The number of amides is 1. The Kier molecular flexibility index (Phi) is 4.92. The van der Waals surface area contributed by atoms with Gasteiger partial charge in [-0.15, -0.1) is 0 Å². The van der Waals surface area contributed by atoms with Gasteiger partial charge in [-0.05, 0) is 31.0 Å². The molecule has 0 bridgehead atoms. The minimum Gasteiger partial charge on any atom is -0.348 e. The Morgan fingerprint density at radius 3 is 2.69 bits per heavy atom. The maximum absolute atomic E-state index is 11.7. The monoisotopic (exact) mass is 221 g/mol. The molecule has 0 radical (unpaired) electrons. The lowest BCUT2D eigenvalue weighted by atomic mass is 10.1. The summed E-state index contributed by atoms with van der Waals surface area (Å²) in [4.78, 5) is 15.6. The highest BCUT2D eigenvalue weighted by atomic mass is 16.2. The number of rotatable bonds is 5. The average molecular weight is 221 g/mol. The van der Waals surface area contributed by atoms with Crippen LogP contribution in [0.3, 0.4) is 0 Å². The Morgan fingerprint density at radius 1 is 1.50 bits per heavy atom. The van der Waals surface area contributed by atoms with E-state index in [2.05, 4.69) is 10.3 Å². The Bertz CT molecular complexity index is 326. The van der Waals surface area contributed by atoms with Crippen LogP contribution in [-0.4, -0.2) is 16.9 Å². The van der Waals surface area contributed by atoms with Gasteiger partial charge in [0, 0.05) is 12.4 Å². The molecule has 0 saturated carbocycles. The zero-order valence-electron chi connectivity index (χ0n) is 9.81. The number of carbonyl (C=O) groups excluding carboxylic acids is 1. The zero-order valence-corrected chi connectivity index (χ0v) is 9.81. The van der Waals surface area contributed by atoms with Crippen molar-refractivity contribution in [1.82, 2.24) is 10.3 Å². The van der Waals surface area contributed by atoms with Crippen LogP contribution in [0, 0.1) is 0 Å². The summed E-state index contributed by atoms with van der Waals surface area (Å²) in [6, 6.07) is 3.33. The number of nitrogens with two attached hydrogens (primary N) is 1. The molecule has 16 heavy (non-hydrogen) atoms. The number of carbonyl (C=O) groups is 1. The van der Waals surface area contributed by atoms with Crippen LogP contribution in [0.4, 0.5) is 0 Å². The normalized spacial score (nSPS) is 14.2. The van der Waals surface area contributed by atoms with Crippen LogP contribution in [0.2, 0.25) is 0 Å². The first-order valence-electron chi connectivity index (χ1n) is 5.61. The van der Waals surface area contributed by atoms with E-state index in [9.17, 15) is 4.79 Å². The van der Waals surface area contributed by atoms with Crippen molar-refractivity contribution in [2.24, 2.45) is 5.73 Å². The van der Waals surface area contributed by atoms with E-state index in [0.717, 1.165) is 18.4 Å². The smallest absolute Gasteiger partial charge is 0.237 e. The van der Waals surface area contributed by atoms with E-state index in [1.165, 1.54) is 0 Å². The molecule has 1 amide bonds. The van der Waals surface area contributed by atoms with Crippen LogP contribution in [-0.2, 0) is 4.79 Å². The molecule has 3 N–H and O–H groups in total. The molecular weight excluding hydrogens is 202 g/mol. The van der Waals surface area contributed by atoms with Gasteiger partial charge in [-0.1, -0.05) is 13.3 Å². The molecule has 0 spiro atoms. The van der Waals surface area contributed by atoms with Gasteiger partial charge in [0.1, 0.15) is 0 Å². The quantitative estimate of drug-likeness (QED) is 0.789. The standard InChI is InChI=1S/C12H19N3O/c1-3-4-11(13)12(16)15-9(2)10-5-7-14-8-6-10/h5-9,11H,3-4,13H2,1-2H3,(H,15,16)/t9-,11?/m1/s1. The summed E-state index contributed by atoms with van der Waals surface area (Å²) in [5.74, 6) is -0.0915. The number of nitrogens with zero attached hydrogens (tertiary/aromatic N) is 1. The molecule has 1 aromatic rings. The third kappa shape index (κ3) is 3.62. The summed E-state index contributed by atoms with van der Waals surface area (Å²) in [7, 11) is 0. The molecule has 0 aliphatic rings. The van der Waals surface area contributed by atoms with Crippen molar-refractivity contribution in [3.8, 4) is 0 Å². The van der Waals surface area contributed by atoms with Crippen LogP contribution in [0.5, 0.6) is 0 Å². The van der Waals surface area contributed by atoms with Crippen molar-refractivity contribution in [2.45, 2.75) is 38.8 Å². The van der Waals surface area contributed by atoms with E-state index < -0.39 is 6.04 Å². The summed E-state index contributed by atoms with van der Waals surface area (Å²) >= 11 is 0. The SMILES string of the molecule is CCCC(N)C(=O)N[C@H](C)c1ccncc1. The zero-order chi connectivity index (χ0) is 12.0. The molecule has 4 nitrogen and oxygen atoms in total. The van der Waals surface area contributed by atoms with Crippen LogP contribution < -0.4 is 11.1 Å². The fourth-order valence-corrected chi connectivity index (χ4v) is 1.50. The highest BCUT2D eigenvalue weighted by Crippen LogP contribution is 2.10. The molecule has 4 heteroatoms. The van der Waals surface area contributed by atoms with Gasteiger partial charge in [-0.2, -0.15) is 0 Å². The van der Waals surface area contributed by atoms with E-state index in [1.807, 2.05) is 26.0 Å². The van der Waals surface area contributed by atoms with Gasteiger partial charge in [-0.25, -0.2) is 0 Å². The Balaban J connectivity index is 2.51. The van der Waals surface area contributed by atoms with E-state index in [0.29, 0.717) is 0 Å². The maximum Gasteiger partial charge on any atom is 0.237 e. The maximum atomic E-state index is 11.7. The van der Waals surface area contributed by atoms with E-state index in [4.69, 9.17) is 5.73 Å². The summed E-state index contributed by atoms with van der Waals surface area (Å²) in [5.41, 5.74) is 6.76. The third-order valence-electron chi connectivity index (χ3n) is 2.50. The van der Waals surface area contributed by atoms with Crippen molar-refractivity contribution >= 4 is 5.91 Å². The average Bonchev–Trinajstić information content (AvgIpc) is 2.30. The highest BCUT2D eigenvalue weighted by molar-refractivity contribution is 5.81. The second kappa shape index (κ2) is 6.23. The van der Waals surface area contributed by atoms with Gasteiger partial charge >= 0.3 is 0 Å². The van der Waals surface area contributed by atoms with Gasteiger partial charge in [0.2, 0.25) is 5.91 Å². The molecule has 0 aromatic carbocycles. The second-order valence-electron chi connectivity index (χ2n) is 3.91. The first-order valence-corrected chi connectivity index (χ1v) is 5.61.